The Hall–Kier alpha value is -3.75. The van der Waals surface area contributed by atoms with E-state index in [2.05, 4.69) is 0 Å². The SMILES string of the molecule is CCOc1cc(/C=C2/SC(=O)N(CCCc3ccccc3)C2=O)cc(Cl)c1OCc1cccc(C(=O)O)c1. The molecular weight excluding hydrogens is 526 g/mol. The lowest BCUT2D eigenvalue weighted by atomic mass is 10.1. The van der Waals surface area contributed by atoms with Crippen molar-refractivity contribution in [3.8, 4) is 11.5 Å². The van der Waals surface area contributed by atoms with Gasteiger partial charge in [0.2, 0.25) is 0 Å². The minimum atomic E-state index is -1.02. The molecule has 0 bridgehead atoms. The number of halogens is 1. The van der Waals surface area contributed by atoms with Crippen LogP contribution in [0.5, 0.6) is 11.5 Å². The number of ether oxygens (including phenoxy) is 2. The lowest BCUT2D eigenvalue weighted by molar-refractivity contribution is -0.122. The van der Waals surface area contributed by atoms with Gasteiger partial charge in [-0.1, -0.05) is 54.1 Å². The lowest BCUT2D eigenvalue weighted by Gasteiger charge is -2.15. The first-order chi connectivity index (χ1) is 18.4. The molecule has 1 saturated heterocycles. The molecule has 1 aliphatic rings. The number of benzene rings is 3. The number of rotatable bonds is 11. The standard InChI is InChI=1S/C29H26ClNO6S/c1-2-36-24-16-21(15-23(30)26(24)37-18-20-10-6-12-22(14-20)28(33)34)17-25-27(32)31(29(35)38-25)13-7-11-19-8-4-3-5-9-19/h3-6,8-10,12,14-17H,2,7,11,13,18H2,1H3,(H,33,34)/b25-17+. The zero-order chi connectivity index (χ0) is 27.1. The Morgan fingerprint density at radius 1 is 1.03 bits per heavy atom. The second-order valence-corrected chi connectivity index (χ2v) is 9.88. The first kappa shape index (κ1) is 27.3. The van der Waals surface area contributed by atoms with E-state index in [1.54, 1.807) is 30.3 Å². The van der Waals surface area contributed by atoms with Gasteiger partial charge in [0.25, 0.3) is 11.1 Å². The van der Waals surface area contributed by atoms with Crippen LogP contribution in [0.15, 0.2) is 71.6 Å². The first-order valence-electron chi connectivity index (χ1n) is 12.1. The van der Waals surface area contributed by atoms with Crippen molar-refractivity contribution in [1.29, 1.82) is 0 Å². The smallest absolute Gasteiger partial charge is 0.335 e. The van der Waals surface area contributed by atoms with E-state index in [1.165, 1.54) is 17.0 Å². The van der Waals surface area contributed by atoms with Gasteiger partial charge in [-0.15, -0.1) is 0 Å². The number of imide groups is 1. The molecule has 0 aromatic heterocycles. The number of nitrogens with zero attached hydrogens (tertiary/aromatic N) is 1. The van der Waals surface area contributed by atoms with Crippen molar-refractivity contribution in [2.45, 2.75) is 26.4 Å². The summed E-state index contributed by atoms with van der Waals surface area (Å²) in [6, 6.07) is 19.7. The maximum atomic E-state index is 12.9. The van der Waals surface area contributed by atoms with Crippen molar-refractivity contribution in [2.75, 3.05) is 13.2 Å². The molecule has 0 spiro atoms. The summed E-state index contributed by atoms with van der Waals surface area (Å²) in [6.07, 6.45) is 3.07. The summed E-state index contributed by atoms with van der Waals surface area (Å²) >= 11 is 7.43. The van der Waals surface area contributed by atoms with E-state index in [4.69, 9.17) is 21.1 Å². The number of carbonyl (C=O) groups excluding carboxylic acids is 2. The highest BCUT2D eigenvalue weighted by Gasteiger charge is 2.34. The highest BCUT2D eigenvalue weighted by atomic mass is 35.5. The summed E-state index contributed by atoms with van der Waals surface area (Å²) in [6.45, 7) is 2.60. The summed E-state index contributed by atoms with van der Waals surface area (Å²) in [5, 5.41) is 9.17. The maximum absolute atomic E-state index is 12.9. The Morgan fingerprint density at radius 3 is 2.53 bits per heavy atom. The molecule has 1 aliphatic heterocycles. The van der Waals surface area contributed by atoms with Gasteiger partial charge in [-0.3, -0.25) is 14.5 Å². The average molecular weight is 552 g/mol. The van der Waals surface area contributed by atoms with Crippen LogP contribution in [0, 0.1) is 0 Å². The predicted octanol–water partition coefficient (Wildman–Crippen LogP) is 6.69. The van der Waals surface area contributed by atoms with Crippen molar-refractivity contribution >= 4 is 46.6 Å². The van der Waals surface area contributed by atoms with Gasteiger partial charge in [0.15, 0.2) is 11.5 Å². The monoisotopic (exact) mass is 551 g/mol. The van der Waals surface area contributed by atoms with E-state index >= 15 is 0 Å². The number of carbonyl (C=O) groups is 3. The van der Waals surface area contributed by atoms with Gasteiger partial charge in [0.1, 0.15) is 6.61 Å². The van der Waals surface area contributed by atoms with Crippen molar-refractivity contribution in [3.05, 3.63) is 98.9 Å². The van der Waals surface area contributed by atoms with E-state index < -0.39 is 5.97 Å². The van der Waals surface area contributed by atoms with Crippen LogP contribution in [0.1, 0.15) is 40.4 Å². The van der Waals surface area contributed by atoms with Gasteiger partial charge in [0.05, 0.1) is 22.1 Å². The highest BCUT2D eigenvalue weighted by molar-refractivity contribution is 8.18. The van der Waals surface area contributed by atoms with Gasteiger partial charge in [-0.25, -0.2) is 4.79 Å². The fraction of sp³-hybridized carbons (Fsp3) is 0.207. The summed E-state index contributed by atoms with van der Waals surface area (Å²) in [4.78, 5) is 38.3. The second kappa shape index (κ2) is 12.7. The fourth-order valence-electron chi connectivity index (χ4n) is 3.95. The molecule has 3 aromatic carbocycles. The van der Waals surface area contributed by atoms with Crippen LogP contribution in [0.25, 0.3) is 6.08 Å². The molecule has 196 valence electrons. The van der Waals surface area contributed by atoms with Crippen molar-refractivity contribution < 1.29 is 29.0 Å². The second-order valence-electron chi connectivity index (χ2n) is 8.48. The number of hydrogen-bond donors (Lipinski definition) is 1. The summed E-state index contributed by atoms with van der Waals surface area (Å²) in [5.41, 5.74) is 2.57. The highest BCUT2D eigenvalue weighted by Crippen LogP contribution is 2.39. The van der Waals surface area contributed by atoms with E-state index in [0.29, 0.717) is 47.1 Å². The van der Waals surface area contributed by atoms with Crippen LogP contribution < -0.4 is 9.47 Å². The van der Waals surface area contributed by atoms with Gasteiger partial charge in [-0.05, 0) is 78.6 Å². The maximum Gasteiger partial charge on any atom is 0.335 e. The molecule has 0 atom stereocenters. The number of aromatic carboxylic acids is 1. The van der Waals surface area contributed by atoms with Crippen LogP contribution in [0.3, 0.4) is 0 Å². The van der Waals surface area contributed by atoms with Crippen LogP contribution in [0.2, 0.25) is 5.02 Å². The molecule has 0 radical (unpaired) electrons. The van der Waals surface area contributed by atoms with Crippen molar-refractivity contribution in [1.82, 2.24) is 4.90 Å². The molecule has 0 saturated carbocycles. The minimum Gasteiger partial charge on any atom is -0.490 e. The Balaban J connectivity index is 1.47. The molecule has 7 nitrogen and oxygen atoms in total. The third kappa shape index (κ3) is 6.76. The molecule has 4 rings (SSSR count). The van der Waals surface area contributed by atoms with E-state index in [1.807, 2.05) is 37.3 Å². The van der Waals surface area contributed by atoms with E-state index in [-0.39, 0.29) is 28.3 Å². The van der Waals surface area contributed by atoms with Crippen LogP contribution in [0.4, 0.5) is 4.79 Å². The molecule has 1 fully saturated rings. The molecule has 1 N–H and O–H groups in total. The molecule has 2 amide bonds. The molecule has 0 unspecified atom stereocenters. The molecule has 0 aliphatic carbocycles. The number of carboxylic acids is 1. The number of hydrogen-bond acceptors (Lipinski definition) is 6. The number of carboxylic acid groups (broad SMARTS) is 1. The largest absolute Gasteiger partial charge is 0.490 e. The molecule has 3 aromatic rings. The number of thioether (sulfide) groups is 1. The van der Waals surface area contributed by atoms with Gasteiger partial charge in [0, 0.05) is 6.54 Å². The van der Waals surface area contributed by atoms with Crippen LogP contribution in [-0.2, 0) is 17.8 Å². The molecular formula is C29H26ClNO6S. The van der Waals surface area contributed by atoms with Gasteiger partial charge >= 0.3 is 5.97 Å². The topological polar surface area (TPSA) is 93.1 Å². The quantitative estimate of drug-likeness (QED) is 0.265. The third-order valence-electron chi connectivity index (χ3n) is 5.75. The van der Waals surface area contributed by atoms with Gasteiger partial charge < -0.3 is 14.6 Å². The fourth-order valence-corrected chi connectivity index (χ4v) is 5.09. The first-order valence-corrected chi connectivity index (χ1v) is 13.3. The zero-order valence-electron chi connectivity index (χ0n) is 20.7. The Bertz CT molecular complexity index is 1370. The van der Waals surface area contributed by atoms with Crippen LogP contribution in [-0.4, -0.2) is 40.3 Å². The zero-order valence-corrected chi connectivity index (χ0v) is 22.3. The summed E-state index contributed by atoms with van der Waals surface area (Å²) in [7, 11) is 0. The van der Waals surface area contributed by atoms with Crippen molar-refractivity contribution in [2.24, 2.45) is 0 Å². The van der Waals surface area contributed by atoms with Gasteiger partial charge in [-0.2, -0.15) is 0 Å². The summed E-state index contributed by atoms with van der Waals surface area (Å²) in [5.74, 6) is -0.672. The number of amides is 2. The Labute approximate surface area is 230 Å². The minimum absolute atomic E-state index is 0.0854. The van der Waals surface area contributed by atoms with Crippen molar-refractivity contribution in [3.63, 3.8) is 0 Å². The number of aryl methyl sites for hydroxylation is 1. The third-order valence-corrected chi connectivity index (χ3v) is 6.94. The predicted molar refractivity (Wildman–Crippen MR) is 148 cm³/mol. The molecule has 38 heavy (non-hydrogen) atoms. The summed E-state index contributed by atoms with van der Waals surface area (Å²) < 4.78 is 11.6. The normalized spacial score (nSPS) is 14.3. The lowest BCUT2D eigenvalue weighted by Crippen LogP contribution is -2.29. The average Bonchev–Trinajstić information content (AvgIpc) is 3.16. The van der Waals surface area contributed by atoms with Crippen LogP contribution >= 0.6 is 23.4 Å². The molecule has 9 heteroatoms. The van der Waals surface area contributed by atoms with E-state index in [0.717, 1.165) is 23.7 Å². The Kier molecular flexibility index (Phi) is 9.10. The molecule has 1 heterocycles. The van der Waals surface area contributed by atoms with E-state index in [9.17, 15) is 19.5 Å². The Morgan fingerprint density at radius 2 is 1.79 bits per heavy atom.